The summed E-state index contributed by atoms with van der Waals surface area (Å²) in [5.74, 6) is 0.174. The molecular formula is C9H10BrF2N3O3. The van der Waals surface area contributed by atoms with Crippen molar-refractivity contribution in [2.24, 2.45) is 0 Å². The molecule has 1 N–H and O–H groups in total. The van der Waals surface area contributed by atoms with Crippen LogP contribution in [0.4, 0.5) is 13.6 Å². The molecule has 2 heterocycles. The summed E-state index contributed by atoms with van der Waals surface area (Å²) in [5.41, 5.74) is 0. The van der Waals surface area contributed by atoms with Gasteiger partial charge in [-0.15, -0.1) is 0 Å². The fourth-order valence-electron chi connectivity index (χ4n) is 1.62. The van der Waals surface area contributed by atoms with Crippen molar-refractivity contribution in [2.45, 2.75) is 19.0 Å². The molecule has 1 atom stereocenters. The van der Waals surface area contributed by atoms with Crippen molar-refractivity contribution in [3.8, 4) is 5.75 Å². The monoisotopic (exact) mass is 325 g/mol. The number of carbonyl (C=O) groups is 1. The van der Waals surface area contributed by atoms with Crippen LogP contribution >= 0.6 is 15.9 Å². The van der Waals surface area contributed by atoms with Crippen LogP contribution < -0.4 is 4.74 Å². The second kappa shape index (κ2) is 5.09. The normalized spacial score (nSPS) is 18.9. The third-order valence-electron chi connectivity index (χ3n) is 2.71. The van der Waals surface area contributed by atoms with Crippen molar-refractivity contribution in [1.29, 1.82) is 0 Å². The average Bonchev–Trinajstić information content (AvgIpc) is 2.58. The first-order valence-corrected chi connectivity index (χ1v) is 5.93. The molecule has 1 fully saturated rings. The van der Waals surface area contributed by atoms with Crippen molar-refractivity contribution in [1.82, 2.24) is 14.7 Å². The lowest BCUT2D eigenvalue weighted by atomic mass is 10.1. The Balaban J connectivity index is 1.93. The lowest BCUT2D eigenvalue weighted by Crippen LogP contribution is -2.53. The maximum atomic E-state index is 12.4. The van der Waals surface area contributed by atoms with Crippen LogP contribution in [0.1, 0.15) is 13.0 Å². The highest BCUT2D eigenvalue weighted by atomic mass is 79.9. The van der Waals surface area contributed by atoms with Crippen molar-refractivity contribution in [2.75, 3.05) is 13.2 Å². The van der Waals surface area contributed by atoms with E-state index in [4.69, 9.17) is 9.84 Å². The fraction of sp³-hybridized carbons (Fsp3) is 0.556. The van der Waals surface area contributed by atoms with Gasteiger partial charge in [0.1, 0.15) is 6.61 Å². The number of rotatable bonds is 4. The molecule has 1 amide bonds. The summed E-state index contributed by atoms with van der Waals surface area (Å²) < 4.78 is 30.6. The molecule has 1 aromatic heterocycles. The van der Waals surface area contributed by atoms with Gasteiger partial charge >= 0.3 is 12.6 Å². The van der Waals surface area contributed by atoms with Crippen LogP contribution in [0.2, 0.25) is 0 Å². The molecule has 0 saturated carbocycles. The predicted octanol–water partition coefficient (Wildman–Crippen LogP) is 2.17. The van der Waals surface area contributed by atoms with E-state index in [0.29, 0.717) is 17.6 Å². The number of hydrogen-bond donors (Lipinski definition) is 1. The minimum absolute atomic E-state index is 0.0405. The molecule has 0 bridgehead atoms. The quantitative estimate of drug-likeness (QED) is 0.921. The first kappa shape index (κ1) is 13.1. The fourth-order valence-corrected chi connectivity index (χ4v) is 2.08. The van der Waals surface area contributed by atoms with Crippen LogP contribution in [-0.4, -0.2) is 45.1 Å². The van der Waals surface area contributed by atoms with Crippen LogP contribution in [0.25, 0.3) is 0 Å². The maximum absolute atomic E-state index is 12.4. The Morgan fingerprint density at radius 2 is 2.44 bits per heavy atom. The Labute approximate surface area is 109 Å². The van der Waals surface area contributed by atoms with Gasteiger partial charge in [0.2, 0.25) is 0 Å². The molecule has 100 valence electrons. The largest absolute Gasteiger partial charge is 0.487 e. The molecule has 9 heteroatoms. The van der Waals surface area contributed by atoms with E-state index in [1.807, 2.05) is 0 Å². The minimum Gasteiger partial charge on any atom is -0.487 e. The first-order valence-electron chi connectivity index (χ1n) is 5.14. The van der Waals surface area contributed by atoms with Crippen LogP contribution in [0.5, 0.6) is 5.75 Å². The summed E-state index contributed by atoms with van der Waals surface area (Å²) in [5, 5.41) is 12.2. The zero-order chi connectivity index (χ0) is 13.3. The number of carboxylic acid groups (broad SMARTS) is 1. The molecule has 1 aliphatic rings. The van der Waals surface area contributed by atoms with Crippen LogP contribution in [0.3, 0.4) is 0 Å². The van der Waals surface area contributed by atoms with Crippen molar-refractivity contribution >= 4 is 22.0 Å². The van der Waals surface area contributed by atoms with Gasteiger partial charge in [0.15, 0.2) is 10.4 Å². The van der Waals surface area contributed by atoms with E-state index in [1.54, 1.807) is 0 Å². The third-order valence-corrected chi connectivity index (χ3v) is 3.46. The summed E-state index contributed by atoms with van der Waals surface area (Å²) in [6.45, 7) is -2.16. The molecule has 1 unspecified atom stereocenters. The molecule has 0 aromatic carbocycles. The first-order chi connectivity index (χ1) is 8.50. The molecule has 0 aliphatic carbocycles. The number of amides is 1. The van der Waals surface area contributed by atoms with Crippen LogP contribution in [0.15, 0.2) is 10.8 Å². The number of ether oxygens (including phenoxy) is 1. The highest BCUT2D eigenvalue weighted by Gasteiger charge is 2.32. The Morgan fingerprint density at radius 1 is 1.72 bits per heavy atom. The number of alkyl halides is 2. The number of aromatic nitrogens is 2. The number of hydrogen-bond acceptors (Lipinski definition) is 3. The van der Waals surface area contributed by atoms with Crippen molar-refractivity contribution in [3.63, 3.8) is 0 Å². The van der Waals surface area contributed by atoms with E-state index < -0.39 is 12.6 Å². The number of halogens is 3. The topological polar surface area (TPSA) is 67.6 Å². The van der Waals surface area contributed by atoms with Gasteiger partial charge in [-0.2, -0.15) is 18.6 Å². The summed E-state index contributed by atoms with van der Waals surface area (Å²) in [6, 6.07) is -0.232. The van der Waals surface area contributed by atoms with Gasteiger partial charge in [-0.3, -0.25) is 0 Å². The molecule has 0 radical (unpaired) electrons. The zero-order valence-corrected chi connectivity index (χ0v) is 10.7. The molecule has 18 heavy (non-hydrogen) atoms. The van der Waals surface area contributed by atoms with Gasteiger partial charge in [-0.05, 0) is 22.4 Å². The van der Waals surface area contributed by atoms with Gasteiger partial charge in [0.25, 0.3) is 0 Å². The lowest BCUT2D eigenvalue weighted by Gasteiger charge is -2.38. The Bertz CT molecular complexity index is 454. The van der Waals surface area contributed by atoms with Crippen LogP contribution in [0, 0.1) is 0 Å². The summed E-state index contributed by atoms with van der Waals surface area (Å²) in [6.07, 6.45) is 0.865. The van der Waals surface area contributed by atoms with Gasteiger partial charge in [-0.1, -0.05) is 0 Å². The molecule has 1 aliphatic heterocycles. The van der Waals surface area contributed by atoms with E-state index in [-0.39, 0.29) is 23.0 Å². The van der Waals surface area contributed by atoms with Gasteiger partial charge < -0.3 is 14.7 Å². The Kier molecular flexibility index (Phi) is 3.69. The summed E-state index contributed by atoms with van der Waals surface area (Å²) >= 11 is 2.95. The highest BCUT2D eigenvalue weighted by Crippen LogP contribution is 2.29. The van der Waals surface area contributed by atoms with E-state index in [1.165, 1.54) is 11.1 Å². The molecule has 2 rings (SSSR count). The molecule has 0 spiro atoms. The predicted molar refractivity (Wildman–Crippen MR) is 59.8 cm³/mol. The number of nitrogens with zero attached hydrogens (tertiary/aromatic N) is 3. The van der Waals surface area contributed by atoms with E-state index >= 15 is 0 Å². The summed E-state index contributed by atoms with van der Waals surface area (Å²) in [7, 11) is 0. The molecule has 6 nitrogen and oxygen atoms in total. The lowest BCUT2D eigenvalue weighted by molar-refractivity contribution is 0.0476. The Morgan fingerprint density at radius 3 is 2.89 bits per heavy atom. The minimum atomic E-state index is -2.75. The van der Waals surface area contributed by atoms with Crippen LogP contribution in [-0.2, 0) is 0 Å². The van der Waals surface area contributed by atoms with Crippen molar-refractivity contribution in [3.05, 3.63) is 10.8 Å². The van der Waals surface area contributed by atoms with Gasteiger partial charge in [0, 0.05) is 6.54 Å². The molecule has 1 aromatic rings. The number of likely N-dealkylation sites (tertiary alicyclic amines) is 1. The smallest absolute Gasteiger partial charge is 0.407 e. The van der Waals surface area contributed by atoms with Gasteiger partial charge in [-0.25, -0.2) is 4.79 Å². The SMILES string of the molecule is O=C(O)N1CCC1COc1cnn(C(F)F)c1Br. The molecular weight excluding hydrogens is 316 g/mol. The standard InChI is InChI=1S/C9H10BrF2N3O3/c10-7-6(3-13-15(7)8(11)12)18-4-5-1-2-14(5)9(16)17/h3,5,8H,1-2,4H2,(H,16,17). The van der Waals surface area contributed by atoms with E-state index in [9.17, 15) is 13.6 Å². The van der Waals surface area contributed by atoms with Gasteiger partial charge in [0.05, 0.1) is 12.2 Å². The Hall–Kier alpha value is -1.38. The maximum Gasteiger partial charge on any atom is 0.407 e. The second-order valence-corrected chi connectivity index (χ2v) is 4.50. The third kappa shape index (κ3) is 2.40. The zero-order valence-electron chi connectivity index (χ0n) is 9.09. The molecule has 1 saturated heterocycles. The highest BCUT2D eigenvalue weighted by molar-refractivity contribution is 9.10. The average molecular weight is 326 g/mol. The second-order valence-electron chi connectivity index (χ2n) is 3.75. The summed E-state index contributed by atoms with van der Waals surface area (Å²) in [4.78, 5) is 12.0. The van der Waals surface area contributed by atoms with Crippen molar-refractivity contribution < 1.29 is 23.4 Å². The van der Waals surface area contributed by atoms with E-state index in [0.717, 1.165) is 0 Å². The van der Waals surface area contributed by atoms with E-state index in [2.05, 4.69) is 21.0 Å².